The molecule has 0 saturated carbocycles. The Labute approximate surface area is 197 Å². The smallest absolute Gasteiger partial charge is 0.213 e. The SMILES string of the molecule is CCCOc1ccc2c(C(=O)CCc3ccc(F)c(F)c3)c(C(C)C)n(Cc3ncco3)c2c1. The van der Waals surface area contributed by atoms with Crippen molar-refractivity contribution in [3.8, 4) is 5.75 Å². The maximum Gasteiger partial charge on any atom is 0.213 e. The van der Waals surface area contributed by atoms with Gasteiger partial charge in [-0.2, -0.15) is 0 Å². The van der Waals surface area contributed by atoms with Crippen LogP contribution in [0.1, 0.15) is 67.0 Å². The highest BCUT2D eigenvalue weighted by Crippen LogP contribution is 2.35. The first-order valence-electron chi connectivity index (χ1n) is 11.5. The van der Waals surface area contributed by atoms with Crippen molar-refractivity contribution in [2.24, 2.45) is 0 Å². The molecule has 0 amide bonds. The number of benzene rings is 2. The number of oxazole rings is 1. The molecule has 0 bridgehead atoms. The molecule has 2 aromatic carbocycles. The Bertz CT molecular complexity index is 1290. The zero-order valence-corrected chi connectivity index (χ0v) is 19.6. The molecule has 0 spiro atoms. The second-order valence-corrected chi connectivity index (χ2v) is 8.63. The highest BCUT2D eigenvalue weighted by molar-refractivity contribution is 6.10. The average Bonchev–Trinajstić information content (AvgIpc) is 3.44. The van der Waals surface area contributed by atoms with Crippen molar-refractivity contribution in [3.63, 3.8) is 0 Å². The maximum absolute atomic E-state index is 13.6. The number of Topliss-reactive ketones (excluding diaryl/α,β-unsaturated/α-hetero) is 1. The first-order chi connectivity index (χ1) is 16.4. The van der Waals surface area contributed by atoms with E-state index in [0.717, 1.165) is 40.9 Å². The van der Waals surface area contributed by atoms with Crippen LogP contribution in [0.2, 0.25) is 0 Å². The van der Waals surface area contributed by atoms with Gasteiger partial charge < -0.3 is 13.7 Å². The normalized spacial score (nSPS) is 11.5. The lowest BCUT2D eigenvalue weighted by atomic mass is 9.96. The largest absolute Gasteiger partial charge is 0.494 e. The lowest BCUT2D eigenvalue weighted by Crippen LogP contribution is -2.11. The fraction of sp³-hybridized carbons (Fsp3) is 0.333. The molecule has 4 aromatic rings. The third kappa shape index (κ3) is 4.88. The minimum atomic E-state index is -0.907. The van der Waals surface area contributed by atoms with Gasteiger partial charge in [0.1, 0.15) is 12.0 Å². The number of ketones is 1. The molecule has 0 saturated heterocycles. The Balaban J connectivity index is 1.76. The molecule has 178 valence electrons. The average molecular weight is 467 g/mol. The van der Waals surface area contributed by atoms with Crippen molar-refractivity contribution in [3.05, 3.63) is 83.2 Å². The second-order valence-electron chi connectivity index (χ2n) is 8.63. The fourth-order valence-electron chi connectivity index (χ4n) is 4.27. The molecular weight excluding hydrogens is 438 g/mol. The Morgan fingerprint density at radius 2 is 1.97 bits per heavy atom. The van der Waals surface area contributed by atoms with Gasteiger partial charge in [0.2, 0.25) is 5.89 Å². The zero-order valence-electron chi connectivity index (χ0n) is 19.6. The van der Waals surface area contributed by atoms with Crippen molar-refractivity contribution in [2.75, 3.05) is 6.61 Å². The molecule has 2 aromatic heterocycles. The third-order valence-corrected chi connectivity index (χ3v) is 5.78. The third-order valence-electron chi connectivity index (χ3n) is 5.78. The number of fused-ring (bicyclic) bond motifs is 1. The van der Waals surface area contributed by atoms with Crippen LogP contribution >= 0.6 is 0 Å². The summed E-state index contributed by atoms with van der Waals surface area (Å²) in [4.78, 5) is 17.8. The van der Waals surface area contributed by atoms with Gasteiger partial charge in [-0.25, -0.2) is 13.8 Å². The van der Waals surface area contributed by atoms with E-state index >= 15 is 0 Å². The van der Waals surface area contributed by atoms with E-state index in [1.165, 1.54) is 12.3 Å². The number of aryl methyl sites for hydroxylation is 1. The van der Waals surface area contributed by atoms with Crippen LogP contribution in [0.25, 0.3) is 10.9 Å². The molecule has 0 unspecified atom stereocenters. The molecule has 7 heteroatoms. The minimum absolute atomic E-state index is 0.0459. The maximum atomic E-state index is 13.6. The summed E-state index contributed by atoms with van der Waals surface area (Å²) in [5.74, 6) is -0.532. The van der Waals surface area contributed by atoms with E-state index in [1.54, 1.807) is 6.20 Å². The fourth-order valence-corrected chi connectivity index (χ4v) is 4.27. The number of hydrogen-bond donors (Lipinski definition) is 0. The van der Waals surface area contributed by atoms with Crippen LogP contribution in [0.15, 0.2) is 53.3 Å². The van der Waals surface area contributed by atoms with Gasteiger partial charge in [0.05, 0.1) is 24.9 Å². The summed E-state index contributed by atoms with van der Waals surface area (Å²) < 4.78 is 40.3. The number of carbonyl (C=O) groups is 1. The van der Waals surface area contributed by atoms with Crippen LogP contribution in [0.3, 0.4) is 0 Å². The van der Waals surface area contributed by atoms with Gasteiger partial charge in [-0.1, -0.05) is 26.8 Å². The van der Waals surface area contributed by atoms with Gasteiger partial charge >= 0.3 is 0 Å². The van der Waals surface area contributed by atoms with E-state index in [2.05, 4.69) is 9.55 Å². The minimum Gasteiger partial charge on any atom is -0.494 e. The standard InChI is InChI=1S/C27H28F2N2O3/c1-4-12-33-19-7-8-20-23(15-19)31(16-25-30-11-13-34-25)27(17(2)3)26(20)24(32)10-6-18-5-9-21(28)22(29)14-18/h5,7-9,11,13-15,17H,4,6,10,12,16H2,1-3H3. The summed E-state index contributed by atoms with van der Waals surface area (Å²) in [7, 11) is 0. The van der Waals surface area contributed by atoms with E-state index in [0.29, 0.717) is 36.6 Å². The van der Waals surface area contributed by atoms with Crippen molar-refractivity contribution < 1.29 is 22.7 Å². The number of carbonyl (C=O) groups excluding carboxylic acids is 1. The van der Waals surface area contributed by atoms with Crippen molar-refractivity contribution in [1.29, 1.82) is 0 Å². The van der Waals surface area contributed by atoms with Crippen molar-refractivity contribution >= 4 is 16.7 Å². The van der Waals surface area contributed by atoms with Crippen LogP contribution < -0.4 is 4.74 Å². The topological polar surface area (TPSA) is 57.3 Å². The van der Waals surface area contributed by atoms with Gasteiger partial charge in [0, 0.05) is 29.1 Å². The molecular formula is C27H28F2N2O3. The van der Waals surface area contributed by atoms with Gasteiger partial charge in [-0.05, 0) is 48.6 Å². The molecule has 0 atom stereocenters. The molecule has 5 nitrogen and oxygen atoms in total. The van der Waals surface area contributed by atoms with Gasteiger partial charge in [0.25, 0.3) is 0 Å². The number of aromatic nitrogens is 2. The molecule has 0 fully saturated rings. The van der Waals surface area contributed by atoms with Crippen LogP contribution in [-0.2, 0) is 13.0 Å². The predicted molar refractivity (Wildman–Crippen MR) is 126 cm³/mol. The van der Waals surface area contributed by atoms with Crippen LogP contribution in [-0.4, -0.2) is 21.9 Å². The molecule has 0 N–H and O–H groups in total. The van der Waals surface area contributed by atoms with Crippen LogP contribution in [0.4, 0.5) is 8.78 Å². The highest BCUT2D eigenvalue weighted by atomic mass is 19.2. The summed E-state index contributed by atoms with van der Waals surface area (Å²) in [6, 6.07) is 9.50. The molecule has 0 aliphatic carbocycles. The molecule has 0 aliphatic rings. The summed E-state index contributed by atoms with van der Waals surface area (Å²) in [6.45, 7) is 7.11. The summed E-state index contributed by atoms with van der Waals surface area (Å²) in [5.41, 5.74) is 2.97. The number of ether oxygens (including phenoxy) is 1. The first-order valence-corrected chi connectivity index (χ1v) is 11.5. The molecule has 34 heavy (non-hydrogen) atoms. The summed E-state index contributed by atoms with van der Waals surface area (Å²) in [5, 5.41) is 0.828. The van der Waals surface area contributed by atoms with E-state index in [-0.39, 0.29) is 18.1 Å². The molecule has 2 heterocycles. The number of nitrogens with zero attached hydrogens (tertiary/aromatic N) is 2. The Kier molecular flexibility index (Phi) is 7.10. The van der Waals surface area contributed by atoms with Crippen molar-refractivity contribution in [1.82, 2.24) is 9.55 Å². The second kappa shape index (κ2) is 10.2. The van der Waals surface area contributed by atoms with Crippen LogP contribution in [0.5, 0.6) is 5.75 Å². The lowest BCUT2D eigenvalue weighted by Gasteiger charge is -2.14. The summed E-state index contributed by atoms with van der Waals surface area (Å²) in [6.07, 6.45) is 4.51. The molecule has 0 radical (unpaired) electrons. The Morgan fingerprint density at radius 3 is 2.65 bits per heavy atom. The number of hydrogen-bond acceptors (Lipinski definition) is 4. The highest BCUT2D eigenvalue weighted by Gasteiger charge is 2.25. The van der Waals surface area contributed by atoms with E-state index in [4.69, 9.17) is 9.15 Å². The summed E-state index contributed by atoms with van der Waals surface area (Å²) >= 11 is 0. The monoisotopic (exact) mass is 466 g/mol. The zero-order chi connectivity index (χ0) is 24.2. The van der Waals surface area contributed by atoms with E-state index in [9.17, 15) is 13.6 Å². The first kappa shape index (κ1) is 23.7. The quantitative estimate of drug-likeness (QED) is 0.245. The van der Waals surface area contributed by atoms with Crippen molar-refractivity contribution in [2.45, 2.75) is 52.5 Å². The van der Waals surface area contributed by atoms with E-state index < -0.39 is 11.6 Å². The van der Waals surface area contributed by atoms with Gasteiger partial charge in [-0.3, -0.25) is 4.79 Å². The molecule has 0 aliphatic heterocycles. The predicted octanol–water partition coefficient (Wildman–Crippen LogP) is 6.68. The van der Waals surface area contributed by atoms with Gasteiger partial charge in [-0.15, -0.1) is 0 Å². The Morgan fingerprint density at radius 1 is 1.15 bits per heavy atom. The lowest BCUT2D eigenvalue weighted by molar-refractivity contribution is 0.0982. The number of rotatable bonds is 10. The Hall–Kier alpha value is -3.48. The van der Waals surface area contributed by atoms with Gasteiger partial charge in [0.15, 0.2) is 17.4 Å². The number of halogens is 2. The van der Waals surface area contributed by atoms with E-state index in [1.807, 2.05) is 39.0 Å². The molecule has 4 rings (SSSR count). The van der Waals surface area contributed by atoms with Crippen LogP contribution in [0, 0.1) is 11.6 Å².